The minimum Gasteiger partial charge on any atom is -0.760 e. The Hall–Kier alpha value is -0.890. The van der Waals surface area contributed by atoms with Crippen LogP contribution in [0, 0.1) is 16.5 Å². The molecule has 1 aliphatic carbocycles. The van der Waals surface area contributed by atoms with E-state index in [1.54, 1.807) is 0 Å². The van der Waals surface area contributed by atoms with Gasteiger partial charge in [0.05, 0.1) is 6.07 Å². The molecule has 1 aliphatic rings. The maximum atomic E-state index is 10.7. The van der Waals surface area contributed by atoms with Gasteiger partial charge < -0.3 is 10.4 Å². The van der Waals surface area contributed by atoms with Gasteiger partial charge in [0.1, 0.15) is 0 Å². The highest BCUT2D eigenvalue weighted by molar-refractivity contribution is 5.61. The molecule has 0 saturated carbocycles. The van der Waals surface area contributed by atoms with Crippen molar-refractivity contribution >= 4 is 0 Å². The Morgan fingerprint density at radius 1 is 1.50 bits per heavy atom. The summed E-state index contributed by atoms with van der Waals surface area (Å²) in [6, 6.07) is 1.84. The highest BCUT2D eigenvalue weighted by atomic mass is 16.8. The molecule has 0 spiro atoms. The Balaban J connectivity index is 2.87. The van der Waals surface area contributed by atoms with Crippen molar-refractivity contribution in [3.63, 3.8) is 0 Å². The molecule has 0 aromatic carbocycles. The van der Waals surface area contributed by atoms with Crippen LogP contribution in [-0.4, -0.2) is 16.0 Å². The average molecular weight is 167 g/mol. The monoisotopic (exact) mass is 167 g/mol. The summed E-state index contributed by atoms with van der Waals surface area (Å²) in [6.07, 6.45) is 1.30. The van der Waals surface area contributed by atoms with Crippen LogP contribution in [0.3, 0.4) is 0 Å². The third-order valence-electron chi connectivity index (χ3n) is 2.33. The van der Waals surface area contributed by atoms with Crippen LogP contribution in [0.2, 0.25) is 0 Å². The van der Waals surface area contributed by atoms with Crippen molar-refractivity contribution < 1.29 is 5.21 Å². The largest absolute Gasteiger partial charge is 0.760 e. The van der Waals surface area contributed by atoms with Crippen LogP contribution in [0.1, 0.15) is 26.7 Å². The van der Waals surface area contributed by atoms with Crippen LogP contribution in [0.5, 0.6) is 0 Å². The minimum atomic E-state index is -1.30. The predicted octanol–water partition coefficient (Wildman–Crippen LogP) is 1.57. The highest BCUT2D eigenvalue weighted by Crippen LogP contribution is 2.50. The van der Waals surface area contributed by atoms with Crippen molar-refractivity contribution in [2.24, 2.45) is 0 Å². The molecule has 0 atom stereocenters. The number of hydrogen-bond donors (Lipinski definition) is 1. The van der Waals surface area contributed by atoms with E-state index in [2.05, 4.69) is 0 Å². The molecule has 1 rings (SSSR count). The second-order valence-electron chi connectivity index (χ2n) is 2.76. The van der Waals surface area contributed by atoms with E-state index >= 15 is 0 Å². The lowest BCUT2D eigenvalue weighted by Crippen LogP contribution is -2.32. The highest BCUT2D eigenvalue weighted by Gasteiger charge is 2.53. The number of hydroxylamine groups is 2. The van der Waals surface area contributed by atoms with Gasteiger partial charge in [0.15, 0.2) is 5.54 Å². The first-order valence-electron chi connectivity index (χ1n) is 3.95. The van der Waals surface area contributed by atoms with Gasteiger partial charge >= 0.3 is 0 Å². The van der Waals surface area contributed by atoms with E-state index < -0.39 is 5.54 Å². The fourth-order valence-electron chi connectivity index (χ4n) is 1.72. The van der Waals surface area contributed by atoms with E-state index in [9.17, 15) is 5.21 Å². The molecule has 0 fully saturated rings. The Kier molecular flexibility index (Phi) is 2.20. The third kappa shape index (κ3) is 0.879. The SMILES string of the molecule is CCC1=C(CC)C1(C#N)N([O-])O. The quantitative estimate of drug-likeness (QED) is 0.511. The van der Waals surface area contributed by atoms with E-state index in [0.717, 1.165) is 11.1 Å². The van der Waals surface area contributed by atoms with Crippen molar-refractivity contribution in [3.8, 4) is 6.07 Å². The standard InChI is InChI=1S/C8H11N2O2/c1-3-6-7(4-2)8(6,5-9)10(11)12/h11H,3-4H2,1-2H3/q-1. The zero-order valence-corrected chi connectivity index (χ0v) is 7.16. The predicted molar refractivity (Wildman–Crippen MR) is 42.9 cm³/mol. The summed E-state index contributed by atoms with van der Waals surface area (Å²) in [7, 11) is 0. The summed E-state index contributed by atoms with van der Waals surface area (Å²) >= 11 is 0. The fourth-order valence-corrected chi connectivity index (χ4v) is 1.72. The Morgan fingerprint density at radius 2 is 1.92 bits per heavy atom. The van der Waals surface area contributed by atoms with E-state index in [-0.39, 0.29) is 5.23 Å². The number of nitrogens with zero attached hydrogens (tertiary/aromatic N) is 2. The lowest BCUT2D eigenvalue weighted by atomic mass is 10.1. The molecule has 0 aliphatic heterocycles. The van der Waals surface area contributed by atoms with E-state index in [1.165, 1.54) is 0 Å². The molecule has 1 N–H and O–H groups in total. The van der Waals surface area contributed by atoms with Gasteiger partial charge in [-0.05, 0) is 24.0 Å². The Bertz CT molecular complexity index is 249. The van der Waals surface area contributed by atoms with Crippen molar-refractivity contribution in [1.82, 2.24) is 5.23 Å². The van der Waals surface area contributed by atoms with Crippen molar-refractivity contribution in [2.75, 3.05) is 0 Å². The van der Waals surface area contributed by atoms with Crippen molar-refractivity contribution in [3.05, 3.63) is 16.4 Å². The van der Waals surface area contributed by atoms with Gasteiger partial charge in [0.25, 0.3) is 0 Å². The zero-order chi connectivity index (χ0) is 9.35. The first-order chi connectivity index (χ1) is 5.65. The van der Waals surface area contributed by atoms with Crippen LogP contribution < -0.4 is 0 Å². The molecule has 66 valence electrons. The van der Waals surface area contributed by atoms with E-state index in [0.29, 0.717) is 12.8 Å². The summed E-state index contributed by atoms with van der Waals surface area (Å²) in [4.78, 5) is 0. The summed E-state index contributed by atoms with van der Waals surface area (Å²) in [5, 5.41) is 28.0. The van der Waals surface area contributed by atoms with Gasteiger partial charge in [0.2, 0.25) is 0 Å². The molecule has 0 aromatic rings. The molecular weight excluding hydrogens is 156 g/mol. The molecule has 4 heteroatoms. The van der Waals surface area contributed by atoms with Gasteiger partial charge in [0, 0.05) is 0 Å². The lowest BCUT2D eigenvalue weighted by Gasteiger charge is -2.28. The molecule has 0 bridgehead atoms. The van der Waals surface area contributed by atoms with Crippen LogP contribution >= 0.6 is 0 Å². The number of rotatable bonds is 3. The fraction of sp³-hybridized carbons (Fsp3) is 0.625. The van der Waals surface area contributed by atoms with Gasteiger partial charge in [-0.2, -0.15) is 5.26 Å². The molecule has 0 amide bonds. The summed E-state index contributed by atoms with van der Waals surface area (Å²) in [5.41, 5.74) is 0.235. The summed E-state index contributed by atoms with van der Waals surface area (Å²) in [6.45, 7) is 3.74. The topological polar surface area (TPSA) is 70.3 Å². The first-order valence-corrected chi connectivity index (χ1v) is 3.95. The van der Waals surface area contributed by atoms with Crippen LogP contribution in [0.25, 0.3) is 0 Å². The van der Waals surface area contributed by atoms with E-state index in [1.807, 2.05) is 19.9 Å². The molecule has 0 saturated heterocycles. The van der Waals surface area contributed by atoms with Crippen molar-refractivity contribution in [2.45, 2.75) is 32.2 Å². The van der Waals surface area contributed by atoms with E-state index in [4.69, 9.17) is 10.5 Å². The van der Waals surface area contributed by atoms with Crippen LogP contribution in [-0.2, 0) is 0 Å². The van der Waals surface area contributed by atoms with Gasteiger partial charge in [-0.3, -0.25) is 0 Å². The lowest BCUT2D eigenvalue weighted by molar-refractivity contribution is -0.0682. The normalized spacial score (nSPS) is 19.7. The van der Waals surface area contributed by atoms with Crippen LogP contribution in [0.15, 0.2) is 11.1 Å². The van der Waals surface area contributed by atoms with Gasteiger partial charge in [-0.1, -0.05) is 13.8 Å². The van der Waals surface area contributed by atoms with Gasteiger partial charge in [-0.15, -0.1) is 0 Å². The summed E-state index contributed by atoms with van der Waals surface area (Å²) in [5.74, 6) is 0. The smallest absolute Gasteiger partial charge is 0.163 e. The van der Waals surface area contributed by atoms with Crippen LogP contribution in [0.4, 0.5) is 0 Å². The second kappa shape index (κ2) is 2.87. The second-order valence-corrected chi connectivity index (χ2v) is 2.76. The van der Waals surface area contributed by atoms with Crippen molar-refractivity contribution in [1.29, 1.82) is 5.26 Å². The molecule has 12 heavy (non-hydrogen) atoms. The molecular formula is C8H11N2O2-. The third-order valence-corrected chi connectivity index (χ3v) is 2.33. The maximum Gasteiger partial charge on any atom is 0.163 e. The number of hydrogen-bond acceptors (Lipinski definition) is 4. The molecule has 0 radical (unpaired) electrons. The average Bonchev–Trinajstić information content (AvgIpc) is 2.72. The Morgan fingerprint density at radius 3 is 2.00 bits per heavy atom. The molecule has 0 aromatic heterocycles. The first kappa shape index (κ1) is 9.20. The minimum absolute atomic E-state index is 0.231. The molecule has 0 heterocycles. The molecule has 4 nitrogen and oxygen atoms in total. The number of nitriles is 1. The van der Waals surface area contributed by atoms with Gasteiger partial charge in [-0.25, -0.2) is 5.23 Å². The summed E-state index contributed by atoms with van der Waals surface area (Å²) < 4.78 is 0. The maximum absolute atomic E-state index is 10.7. The zero-order valence-electron chi connectivity index (χ0n) is 7.16. The molecule has 0 unspecified atom stereocenters. The Labute approximate surface area is 71.2 Å².